The Morgan fingerprint density at radius 1 is 1.10 bits per heavy atom. The van der Waals surface area contributed by atoms with Gasteiger partial charge in [-0.1, -0.05) is 30.3 Å². The van der Waals surface area contributed by atoms with Crippen LogP contribution in [0.1, 0.15) is 24.8 Å². The number of piperidine rings is 1. The molecule has 1 saturated carbocycles. The lowest BCUT2D eigenvalue weighted by molar-refractivity contribution is 0.0426. The van der Waals surface area contributed by atoms with Crippen molar-refractivity contribution in [3.8, 4) is 0 Å². The average molecular weight is 315 g/mol. The molecule has 0 atom stereocenters. The molecular formula is C15H19F2NO2S. The molecule has 1 aromatic carbocycles. The van der Waals surface area contributed by atoms with Crippen molar-refractivity contribution in [1.82, 2.24) is 4.31 Å². The van der Waals surface area contributed by atoms with E-state index < -0.39 is 21.4 Å². The first-order valence-electron chi connectivity index (χ1n) is 7.24. The van der Waals surface area contributed by atoms with Crippen LogP contribution in [0.15, 0.2) is 30.3 Å². The number of alkyl halides is 2. The largest absolute Gasteiger partial charge is 0.254 e. The van der Waals surface area contributed by atoms with E-state index in [-0.39, 0.29) is 38.1 Å². The van der Waals surface area contributed by atoms with E-state index in [1.54, 1.807) is 0 Å². The molecule has 1 heterocycles. The van der Waals surface area contributed by atoms with E-state index in [1.807, 2.05) is 30.3 Å². The van der Waals surface area contributed by atoms with E-state index in [0.29, 0.717) is 6.42 Å². The summed E-state index contributed by atoms with van der Waals surface area (Å²) in [5.74, 6) is -2.53. The van der Waals surface area contributed by atoms with Crippen LogP contribution in [0.5, 0.6) is 0 Å². The monoisotopic (exact) mass is 315 g/mol. The van der Waals surface area contributed by atoms with Crippen molar-refractivity contribution < 1.29 is 17.2 Å². The van der Waals surface area contributed by atoms with Gasteiger partial charge in [0.1, 0.15) is 0 Å². The van der Waals surface area contributed by atoms with Crippen LogP contribution in [-0.4, -0.2) is 37.5 Å². The van der Waals surface area contributed by atoms with E-state index in [4.69, 9.17) is 0 Å². The summed E-state index contributed by atoms with van der Waals surface area (Å²) in [6, 6.07) is 9.43. The lowest BCUT2D eigenvalue weighted by atomic mass is 9.94. The summed E-state index contributed by atoms with van der Waals surface area (Å²) >= 11 is 0. The van der Waals surface area contributed by atoms with Crippen LogP contribution in [0.3, 0.4) is 0 Å². The van der Waals surface area contributed by atoms with Gasteiger partial charge >= 0.3 is 0 Å². The first-order valence-corrected chi connectivity index (χ1v) is 8.85. The molecule has 1 aliphatic carbocycles. The van der Waals surface area contributed by atoms with Crippen LogP contribution in [-0.2, 0) is 16.4 Å². The molecule has 6 heteroatoms. The molecule has 0 radical (unpaired) electrons. The number of nitrogens with zero attached hydrogens (tertiary/aromatic N) is 1. The Bertz CT molecular complexity index is 608. The molecule has 3 rings (SSSR count). The fourth-order valence-electron chi connectivity index (χ4n) is 3.14. The number of benzene rings is 1. The summed E-state index contributed by atoms with van der Waals surface area (Å²) in [4.78, 5) is 0. The smallest absolute Gasteiger partial charge is 0.212 e. The van der Waals surface area contributed by atoms with Gasteiger partial charge in [-0.2, -0.15) is 0 Å². The maximum Gasteiger partial charge on any atom is 0.254 e. The molecule has 21 heavy (non-hydrogen) atoms. The number of sulfonamides is 1. The highest BCUT2D eigenvalue weighted by molar-refractivity contribution is 7.89. The molecule has 0 unspecified atom stereocenters. The van der Waals surface area contributed by atoms with Crippen molar-refractivity contribution in [2.45, 2.75) is 31.6 Å². The third kappa shape index (κ3) is 2.83. The van der Waals surface area contributed by atoms with Crippen molar-refractivity contribution >= 4 is 10.0 Å². The Labute approximate surface area is 124 Å². The predicted molar refractivity (Wildman–Crippen MR) is 76.7 cm³/mol. The van der Waals surface area contributed by atoms with Gasteiger partial charge < -0.3 is 0 Å². The average Bonchev–Trinajstić information content (AvgIpc) is 2.98. The minimum atomic E-state index is -3.35. The summed E-state index contributed by atoms with van der Waals surface area (Å²) in [7, 11) is -3.35. The predicted octanol–water partition coefficient (Wildman–Crippen LogP) is 2.68. The molecule has 0 amide bonds. The molecular weight excluding hydrogens is 296 g/mol. The van der Waals surface area contributed by atoms with Gasteiger partial charge in [0.25, 0.3) is 5.92 Å². The zero-order valence-electron chi connectivity index (χ0n) is 11.8. The van der Waals surface area contributed by atoms with E-state index in [2.05, 4.69) is 0 Å². The fourth-order valence-corrected chi connectivity index (χ4v) is 4.63. The maximum atomic E-state index is 13.3. The van der Waals surface area contributed by atoms with Gasteiger partial charge in [-0.15, -0.1) is 0 Å². The highest BCUT2D eigenvalue weighted by Gasteiger charge is 2.70. The van der Waals surface area contributed by atoms with E-state index >= 15 is 0 Å². The quantitative estimate of drug-likeness (QED) is 0.857. The zero-order chi connectivity index (χ0) is 15.1. The van der Waals surface area contributed by atoms with Crippen LogP contribution < -0.4 is 0 Å². The number of hydrogen-bond donors (Lipinski definition) is 0. The van der Waals surface area contributed by atoms with Gasteiger partial charge in [-0.3, -0.25) is 0 Å². The SMILES string of the molecule is O=S(=O)(CCc1ccccc1)N1CCC2(CC1)CC2(F)F. The van der Waals surface area contributed by atoms with Crippen LogP contribution in [0.25, 0.3) is 0 Å². The Balaban J connectivity index is 1.57. The summed E-state index contributed by atoms with van der Waals surface area (Å²) < 4.78 is 52.6. The maximum absolute atomic E-state index is 13.3. The number of halogens is 2. The molecule has 2 fully saturated rings. The molecule has 116 valence electrons. The van der Waals surface area contributed by atoms with Gasteiger partial charge in [-0.05, 0) is 24.8 Å². The van der Waals surface area contributed by atoms with Crippen molar-refractivity contribution in [3.05, 3.63) is 35.9 Å². The third-order valence-corrected chi connectivity index (χ3v) is 6.65. The van der Waals surface area contributed by atoms with Gasteiger partial charge in [0.15, 0.2) is 0 Å². The van der Waals surface area contributed by atoms with Gasteiger partial charge in [0, 0.05) is 24.9 Å². The van der Waals surface area contributed by atoms with E-state index in [0.717, 1.165) is 5.56 Å². The summed E-state index contributed by atoms with van der Waals surface area (Å²) in [5.41, 5.74) is 0.0709. The van der Waals surface area contributed by atoms with Crippen molar-refractivity contribution in [3.63, 3.8) is 0 Å². The first kappa shape index (κ1) is 14.9. The molecule has 0 N–H and O–H groups in total. The van der Waals surface area contributed by atoms with E-state index in [1.165, 1.54) is 4.31 Å². The molecule has 0 bridgehead atoms. The summed E-state index contributed by atoms with van der Waals surface area (Å²) in [6.45, 7) is 0.458. The van der Waals surface area contributed by atoms with Crippen molar-refractivity contribution in [2.75, 3.05) is 18.8 Å². The Kier molecular flexibility index (Phi) is 3.56. The fraction of sp³-hybridized carbons (Fsp3) is 0.600. The molecule has 1 spiro atoms. The Morgan fingerprint density at radius 2 is 1.67 bits per heavy atom. The van der Waals surface area contributed by atoms with Crippen LogP contribution in [0, 0.1) is 5.41 Å². The molecule has 3 nitrogen and oxygen atoms in total. The standard InChI is InChI=1S/C15H19F2NO2S/c16-15(17)12-14(15)7-9-18(10-8-14)21(19,20)11-6-13-4-2-1-3-5-13/h1-5H,6-12H2. The third-order valence-electron chi connectivity index (χ3n) is 4.78. The molecule has 0 aromatic heterocycles. The van der Waals surface area contributed by atoms with Crippen LogP contribution >= 0.6 is 0 Å². The lowest BCUT2D eigenvalue weighted by Crippen LogP contribution is -2.41. The topological polar surface area (TPSA) is 37.4 Å². The highest BCUT2D eigenvalue weighted by atomic mass is 32.2. The minimum Gasteiger partial charge on any atom is -0.212 e. The second-order valence-electron chi connectivity index (χ2n) is 6.11. The van der Waals surface area contributed by atoms with Crippen molar-refractivity contribution in [2.24, 2.45) is 5.41 Å². The summed E-state index contributed by atoms with van der Waals surface area (Å²) in [5, 5.41) is 0. The number of aryl methyl sites for hydroxylation is 1. The Morgan fingerprint density at radius 3 is 2.19 bits per heavy atom. The summed E-state index contributed by atoms with van der Waals surface area (Å²) in [6.07, 6.45) is 0.952. The van der Waals surface area contributed by atoms with Gasteiger partial charge in [-0.25, -0.2) is 21.5 Å². The van der Waals surface area contributed by atoms with Crippen molar-refractivity contribution in [1.29, 1.82) is 0 Å². The molecule has 1 aromatic rings. The first-order chi connectivity index (χ1) is 9.85. The number of hydrogen-bond acceptors (Lipinski definition) is 2. The second-order valence-corrected chi connectivity index (χ2v) is 8.20. The van der Waals surface area contributed by atoms with Gasteiger partial charge in [0.2, 0.25) is 10.0 Å². The van der Waals surface area contributed by atoms with Crippen LogP contribution in [0.2, 0.25) is 0 Å². The van der Waals surface area contributed by atoms with Gasteiger partial charge in [0.05, 0.1) is 5.75 Å². The second kappa shape index (κ2) is 5.02. The molecule has 1 aliphatic heterocycles. The Hall–Kier alpha value is -1.01. The van der Waals surface area contributed by atoms with E-state index in [9.17, 15) is 17.2 Å². The number of rotatable bonds is 4. The lowest BCUT2D eigenvalue weighted by Gasteiger charge is -2.31. The zero-order valence-corrected chi connectivity index (χ0v) is 12.6. The molecule has 2 aliphatic rings. The minimum absolute atomic E-state index is 0.0421. The normalized spacial score (nSPS) is 24.1. The molecule has 1 saturated heterocycles. The highest BCUT2D eigenvalue weighted by Crippen LogP contribution is 2.65. The van der Waals surface area contributed by atoms with Crippen LogP contribution in [0.4, 0.5) is 8.78 Å².